The largest absolute Gasteiger partial charge is 0.143 e. The van der Waals surface area contributed by atoms with Crippen molar-refractivity contribution in [2.24, 2.45) is 0 Å². The lowest BCUT2D eigenvalue weighted by Crippen LogP contribution is -1.83. The second-order valence-corrected chi connectivity index (χ2v) is 5.22. The van der Waals surface area contributed by atoms with Crippen LogP contribution in [-0.4, -0.2) is 6.26 Å². The molecule has 0 saturated carbocycles. The number of thiophene rings is 1. The highest BCUT2D eigenvalue weighted by atomic mass is 35.5. The van der Waals surface area contributed by atoms with E-state index in [0.717, 1.165) is 11.4 Å². The second kappa shape index (κ2) is 4.13. The van der Waals surface area contributed by atoms with Crippen LogP contribution in [0, 0.1) is 0 Å². The summed E-state index contributed by atoms with van der Waals surface area (Å²) < 4.78 is 1.34. The molecule has 0 atom stereocenters. The molecule has 0 bridgehead atoms. The Labute approximate surface area is 97.3 Å². The molecule has 3 heteroatoms. The number of fused-ring (bicyclic) bond motifs is 1. The standard InChI is InChI=1S/C11H11ClS2/c1-3-7-8(12)4-5-9-11(7)10(13-2)6-14-9/h4-6H,3H2,1-2H3. The van der Waals surface area contributed by atoms with E-state index in [0.29, 0.717) is 0 Å². The molecule has 2 aromatic rings. The number of hydrogen-bond donors (Lipinski definition) is 0. The smallest absolute Gasteiger partial charge is 0.0445 e. The van der Waals surface area contributed by atoms with Crippen LogP contribution in [0.5, 0.6) is 0 Å². The lowest BCUT2D eigenvalue weighted by Gasteiger charge is -2.04. The lowest BCUT2D eigenvalue weighted by molar-refractivity contribution is 1.16. The minimum absolute atomic E-state index is 0.897. The third-order valence-corrected chi connectivity index (χ3v) is 4.54. The van der Waals surface area contributed by atoms with Crippen molar-refractivity contribution < 1.29 is 0 Å². The van der Waals surface area contributed by atoms with E-state index in [2.05, 4.69) is 24.6 Å². The molecule has 1 heterocycles. The summed E-state index contributed by atoms with van der Waals surface area (Å²) in [6.45, 7) is 2.16. The molecule has 0 amide bonds. The number of aryl methyl sites for hydroxylation is 1. The van der Waals surface area contributed by atoms with Gasteiger partial charge in [0.1, 0.15) is 0 Å². The van der Waals surface area contributed by atoms with Crippen molar-refractivity contribution in [3.05, 3.63) is 28.1 Å². The quantitative estimate of drug-likeness (QED) is 0.679. The number of rotatable bonds is 2. The SMILES string of the molecule is CCc1c(Cl)ccc2scc(SC)c12. The molecule has 1 aromatic heterocycles. The van der Waals surface area contributed by atoms with Gasteiger partial charge in [-0.05, 0) is 30.4 Å². The predicted molar refractivity (Wildman–Crippen MR) is 68.0 cm³/mol. The van der Waals surface area contributed by atoms with Gasteiger partial charge in [0.2, 0.25) is 0 Å². The van der Waals surface area contributed by atoms with Gasteiger partial charge in [0.05, 0.1) is 0 Å². The van der Waals surface area contributed by atoms with Crippen LogP contribution < -0.4 is 0 Å². The molecule has 14 heavy (non-hydrogen) atoms. The molecule has 74 valence electrons. The maximum Gasteiger partial charge on any atom is 0.0445 e. The summed E-state index contributed by atoms with van der Waals surface area (Å²) in [6, 6.07) is 4.12. The van der Waals surface area contributed by atoms with Crippen LogP contribution in [0.25, 0.3) is 10.1 Å². The molecule has 0 radical (unpaired) electrons. The van der Waals surface area contributed by atoms with Crippen molar-refractivity contribution in [2.75, 3.05) is 6.26 Å². The van der Waals surface area contributed by atoms with Crippen LogP contribution in [0.15, 0.2) is 22.4 Å². The third kappa shape index (κ3) is 1.56. The van der Waals surface area contributed by atoms with E-state index < -0.39 is 0 Å². The fourth-order valence-corrected chi connectivity index (χ4v) is 3.81. The van der Waals surface area contributed by atoms with Crippen LogP contribution >= 0.6 is 34.7 Å². The summed E-state index contributed by atoms with van der Waals surface area (Å²) in [5.41, 5.74) is 1.29. The van der Waals surface area contributed by atoms with Crippen LogP contribution in [0.4, 0.5) is 0 Å². The fourth-order valence-electron chi connectivity index (χ4n) is 1.64. The van der Waals surface area contributed by atoms with Crippen LogP contribution in [0.1, 0.15) is 12.5 Å². The van der Waals surface area contributed by atoms with Crippen LogP contribution in [0.2, 0.25) is 5.02 Å². The van der Waals surface area contributed by atoms with Gasteiger partial charge in [-0.15, -0.1) is 23.1 Å². The molecule has 0 aliphatic carbocycles. The Balaban J connectivity index is 2.81. The molecule has 0 fully saturated rings. The van der Waals surface area contributed by atoms with Gasteiger partial charge in [-0.3, -0.25) is 0 Å². The molecular formula is C11H11ClS2. The fraction of sp³-hybridized carbons (Fsp3) is 0.273. The maximum atomic E-state index is 6.18. The molecule has 0 nitrogen and oxygen atoms in total. The van der Waals surface area contributed by atoms with E-state index in [9.17, 15) is 0 Å². The van der Waals surface area contributed by atoms with Gasteiger partial charge in [-0.2, -0.15) is 0 Å². The van der Waals surface area contributed by atoms with Crippen LogP contribution in [0.3, 0.4) is 0 Å². The number of thioether (sulfide) groups is 1. The lowest BCUT2D eigenvalue weighted by atomic mass is 10.1. The highest BCUT2D eigenvalue weighted by Crippen LogP contribution is 2.37. The van der Waals surface area contributed by atoms with E-state index in [1.165, 1.54) is 20.5 Å². The normalized spacial score (nSPS) is 11.1. The highest BCUT2D eigenvalue weighted by molar-refractivity contribution is 7.99. The average Bonchev–Trinajstić information content (AvgIpc) is 2.61. The maximum absolute atomic E-state index is 6.18. The van der Waals surface area contributed by atoms with Gasteiger partial charge in [0.25, 0.3) is 0 Å². The summed E-state index contributed by atoms with van der Waals surface area (Å²) in [7, 11) is 0. The van der Waals surface area contributed by atoms with Gasteiger partial charge < -0.3 is 0 Å². The van der Waals surface area contributed by atoms with Crippen molar-refractivity contribution in [2.45, 2.75) is 18.2 Å². The third-order valence-electron chi connectivity index (χ3n) is 2.33. The number of hydrogen-bond acceptors (Lipinski definition) is 2. The zero-order valence-corrected chi connectivity index (χ0v) is 10.5. The average molecular weight is 243 g/mol. The van der Waals surface area contributed by atoms with Crippen molar-refractivity contribution in [1.82, 2.24) is 0 Å². The van der Waals surface area contributed by atoms with Crippen molar-refractivity contribution >= 4 is 44.8 Å². The summed E-state index contributed by atoms with van der Waals surface area (Å²) in [5.74, 6) is 0. The van der Waals surface area contributed by atoms with Gasteiger partial charge in [-0.25, -0.2) is 0 Å². The van der Waals surface area contributed by atoms with Gasteiger partial charge >= 0.3 is 0 Å². The highest BCUT2D eigenvalue weighted by Gasteiger charge is 2.09. The Hall–Kier alpha value is -0.180. The number of halogens is 1. The Morgan fingerprint density at radius 2 is 2.21 bits per heavy atom. The topological polar surface area (TPSA) is 0 Å². The molecular weight excluding hydrogens is 232 g/mol. The number of benzene rings is 1. The molecule has 0 N–H and O–H groups in total. The second-order valence-electron chi connectivity index (χ2n) is 3.06. The first-order valence-corrected chi connectivity index (χ1v) is 6.98. The van der Waals surface area contributed by atoms with Crippen LogP contribution in [-0.2, 0) is 6.42 Å². The molecule has 2 rings (SSSR count). The van der Waals surface area contributed by atoms with Gasteiger partial charge in [-0.1, -0.05) is 18.5 Å². The molecule has 0 aliphatic heterocycles. The predicted octanol–water partition coefficient (Wildman–Crippen LogP) is 4.84. The first-order chi connectivity index (χ1) is 6.77. The Morgan fingerprint density at radius 3 is 2.86 bits per heavy atom. The summed E-state index contributed by atoms with van der Waals surface area (Å²) in [5, 5.41) is 4.47. The van der Waals surface area contributed by atoms with E-state index in [-0.39, 0.29) is 0 Å². The van der Waals surface area contributed by atoms with E-state index in [1.54, 1.807) is 23.1 Å². The Kier molecular flexibility index (Phi) is 3.05. The first kappa shape index (κ1) is 10.3. The monoisotopic (exact) mass is 242 g/mol. The Morgan fingerprint density at radius 1 is 1.43 bits per heavy atom. The zero-order chi connectivity index (χ0) is 10.1. The molecule has 0 unspecified atom stereocenters. The van der Waals surface area contributed by atoms with Crippen molar-refractivity contribution in [1.29, 1.82) is 0 Å². The Bertz CT molecular complexity index is 460. The summed E-state index contributed by atoms with van der Waals surface area (Å²) in [4.78, 5) is 1.35. The molecule has 0 aliphatic rings. The molecule has 0 saturated heterocycles. The minimum atomic E-state index is 0.897. The molecule has 1 aromatic carbocycles. The van der Waals surface area contributed by atoms with Crippen molar-refractivity contribution in [3.63, 3.8) is 0 Å². The summed E-state index contributed by atoms with van der Waals surface area (Å²) in [6.07, 6.45) is 3.11. The van der Waals surface area contributed by atoms with E-state index >= 15 is 0 Å². The molecule has 0 spiro atoms. The van der Waals surface area contributed by atoms with Gasteiger partial charge in [0, 0.05) is 25.4 Å². The summed E-state index contributed by atoms with van der Waals surface area (Å²) >= 11 is 9.78. The van der Waals surface area contributed by atoms with E-state index in [4.69, 9.17) is 11.6 Å². The van der Waals surface area contributed by atoms with E-state index in [1.807, 2.05) is 6.07 Å². The zero-order valence-electron chi connectivity index (χ0n) is 8.13. The van der Waals surface area contributed by atoms with Crippen molar-refractivity contribution in [3.8, 4) is 0 Å². The van der Waals surface area contributed by atoms with Gasteiger partial charge in [0.15, 0.2) is 0 Å². The first-order valence-electron chi connectivity index (χ1n) is 4.50. The minimum Gasteiger partial charge on any atom is -0.143 e.